The first-order valence-corrected chi connectivity index (χ1v) is 16.7. The minimum atomic E-state index is -0.488. The molecule has 0 fully saturated rings. The van der Waals surface area contributed by atoms with Crippen molar-refractivity contribution in [3.05, 3.63) is 144 Å². The van der Waals surface area contributed by atoms with Gasteiger partial charge in [-0.15, -0.1) is 0 Å². The summed E-state index contributed by atoms with van der Waals surface area (Å²) in [5.74, 6) is 27.4. The van der Waals surface area contributed by atoms with Crippen LogP contribution in [0.15, 0.2) is 121 Å². The Morgan fingerprint density at radius 1 is 0.368 bits per heavy atom. The predicted octanol–water partition coefficient (Wildman–Crippen LogP) is 5.94. The van der Waals surface area contributed by atoms with Crippen molar-refractivity contribution in [2.45, 2.75) is 23.2 Å². The van der Waals surface area contributed by atoms with Crippen LogP contribution in [-0.2, 0) is 0 Å². The summed E-state index contributed by atoms with van der Waals surface area (Å²) in [4.78, 5) is 0. The Hall–Kier alpha value is -4.45. The van der Waals surface area contributed by atoms with Crippen LogP contribution < -0.4 is 0 Å². The zero-order valence-electron chi connectivity index (χ0n) is 21.5. The highest BCUT2D eigenvalue weighted by Gasteiger charge is 2.06. The summed E-state index contributed by atoms with van der Waals surface area (Å²) in [6, 6.07) is 43.3. The standard InChI is InChI=1S/C36H30Si2/c1-5-13-31(14-6-1)21-25-35(26-22-32-15-7-2-8-16-32)37-29-30-38-36(27-23-33-17-9-3-10-18-33)28-24-34-19-11-4-12-20-34/h1-20,35-36H,29-30,37-38H2. The molecule has 0 aliphatic heterocycles. The van der Waals surface area contributed by atoms with Gasteiger partial charge in [-0.05, 0) is 48.5 Å². The van der Waals surface area contributed by atoms with E-state index in [-0.39, 0.29) is 11.1 Å². The first kappa shape index (κ1) is 26.6. The van der Waals surface area contributed by atoms with Gasteiger partial charge in [-0.25, -0.2) is 0 Å². The van der Waals surface area contributed by atoms with Crippen LogP contribution in [0.4, 0.5) is 0 Å². The molecule has 0 aromatic heterocycles. The first-order chi connectivity index (χ1) is 18.8. The van der Waals surface area contributed by atoms with Crippen LogP contribution >= 0.6 is 0 Å². The Labute approximate surface area is 232 Å². The molecule has 0 spiro atoms. The second kappa shape index (κ2) is 15.6. The van der Waals surface area contributed by atoms with Gasteiger partial charge in [0.2, 0.25) is 0 Å². The molecule has 0 saturated carbocycles. The molecule has 0 N–H and O–H groups in total. The molecular weight excluding hydrogens is 489 g/mol. The average Bonchev–Trinajstić information content (AvgIpc) is 2.99. The van der Waals surface area contributed by atoms with Gasteiger partial charge in [-0.2, -0.15) is 0 Å². The van der Waals surface area contributed by atoms with Crippen molar-refractivity contribution in [2.75, 3.05) is 0 Å². The van der Waals surface area contributed by atoms with Crippen molar-refractivity contribution in [2.24, 2.45) is 0 Å². The molecule has 0 unspecified atom stereocenters. The number of hydrogen-bond donors (Lipinski definition) is 0. The number of rotatable bonds is 5. The molecule has 4 aromatic carbocycles. The van der Waals surface area contributed by atoms with E-state index < -0.39 is 19.0 Å². The van der Waals surface area contributed by atoms with Crippen LogP contribution in [0.5, 0.6) is 0 Å². The minimum absolute atomic E-state index is 0.175. The fourth-order valence-corrected chi connectivity index (χ4v) is 7.94. The molecule has 0 amide bonds. The van der Waals surface area contributed by atoms with Gasteiger partial charge in [-0.1, -0.05) is 132 Å². The number of hydrogen-bond acceptors (Lipinski definition) is 0. The fourth-order valence-electron chi connectivity index (χ4n) is 3.83. The molecule has 2 heteroatoms. The lowest BCUT2D eigenvalue weighted by Crippen LogP contribution is -2.04. The third kappa shape index (κ3) is 9.90. The highest BCUT2D eigenvalue weighted by atomic mass is 28.2. The zero-order valence-corrected chi connectivity index (χ0v) is 24.4. The summed E-state index contributed by atoms with van der Waals surface area (Å²) in [5, 5.41) is 0. The van der Waals surface area contributed by atoms with E-state index in [1.165, 1.54) is 12.1 Å². The van der Waals surface area contributed by atoms with Crippen molar-refractivity contribution >= 4 is 19.0 Å². The summed E-state index contributed by atoms with van der Waals surface area (Å²) < 4.78 is 0. The molecule has 0 saturated heterocycles. The van der Waals surface area contributed by atoms with Crippen LogP contribution in [0.25, 0.3) is 0 Å². The minimum Gasteiger partial charge on any atom is -0.0856 e. The topological polar surface area (TPSA) is 0 Å². The Bertz CT molecular complexity index is 1280. The smallest absolute Gasteiger partial charge is 0.0665 e. The Morgan fingerprint density at radius 2 is 0.605 bits per heavy atom. The van der Waals surface area contributed by atoms with E-state index in [0.29, 0.717) is 0 Å². The lowest BCUT2D eigenvalue weighted by Gasteiger charge is -2.05. The maximum atomic E-state index is 3.49. The molecule has 0 nitrogen and oxygen atoms in total. The van der Waals surface area contributed by atoms with Gasteiger partial charge in [0.25, 0.3) is 0 Å². The number of benzene rings is 4. The molecule has 0 radical (unpaired) electrons. The molecule has 0 atom stereocenters. The van der Waals surface area contributed by atoms with E-state index in [9.17, 15) is 0 Å². The first-order valence-electron chi connectivity index (χ1n) is 13.1. The summed E-state index contributed by atoms with van der Waals surface area (Å²) >= 11 is 0. The second-order valence-corrected chi connectivity index (χ2v) is 13.1. The van der Waals surface area contributed by atoms with Crippen molar-refractivity contribution in [3.8, 4) is 47.4 Å². The lowest BCUT2D eigenvalue weighted by molar-refractivity contribution is 1.31. The summed E-state index contributed by atoms with van der Waals surface area (Å²) in [6.45, 7) is 0. The SMILES string of the molecule is C(#CC(C#Cc1ccccc1)[SiH2]CC[SiH2]C(C#Cc1ccccc1)C#Cc1ccccc1)c1ccccc1. The van der Waals surface area contributed by atoms with Crippen molar-refractivity contribution < 1.29 is 0 Å². The molecule has 0 heterocycles. The third-order valence-electron chi connectivity index (χ3n) is 5.89. The van der Waals surface area contributed by atoms with Crippen molar-refractivity contribution in [1.29, 1.82) is 0 Å². The van der Waals surface area contributed by atoms with E-state index in [0.717, 1.165) is 22.3 Å². The summed E-state index contributed by atoms with van der Waals surface area (Å²) in [7, 11) is -0.975. The molecular formula is C36H30Si2. The van der Waals surface area contributed by atoms with E-state index in [2.05, 4.69) is 95.9 Å². The molecule has 38 heavy (non-hydrogen) atoms. The van der Waals surface area contributed by atoms with Crippen LogP contribution in [0.2, 0.25) is 23.2 Å². The molecule has 0 aliphatic rings. The normalized spacial score (nSPS) is 10.3. The van der Waals surface area contributed by atoms with Gasteiger partial charge in [0.15, 0.2) is 0 Å². The lowest BCUT2D eigenvalue weighted by atomic mass is 10.2. The third-order valence-corrected chi connectivity index (χ3v) is 10.7. The molecule has 182 valence electrons. The quantitative estimate of drug-likeness (QED) is 0.174. The van der Waals surface area contributed by atoms with Crippen LogP contribution in [-0.4, -0.2) is 19.0 Å². The molecule has 4 aromatic rings. The maximum absolute atomic E-state index is 3.49. The second-order valence-electron chi connectivity index (χ2n) is 8.93. The van der Waals surface area contributed by atoms with E-state index in [1.54, 1.807) is 0 Å². The van der Waals surface area contributed by atoms with Crippen molar-refractivity contribution in [1.82, 2.24) is 0 Å². The van der Waals surface area contributed by atoms with Crippen LogP contribution in [0.3, 0.4) is 0 Å². The Morgan fingerprint density at radius 3 is 0.842 bits per heavy atom. The van der Waals surface area contributed by atoms with Crippen LogP contribution in [0.1, 0.15) is 22.3 Å². The fraction of sp³-hybridized carbons (Fsp3) is 0.111. The summed E-state index contributed by atoms with van der Waals surface area (Å²) in [6.07, 6.45) is 0. The Balaban J connectivity index is 1.42. The predicted molar refractivity (Wildman–Crippen MR) is 167 cm³/mol. The largest absolute Gasteiger partial charge is 0.0856 e. The van der Waals surface area contributed by atoms with Crippen molar-refractivity contribution in [3.63, 3.8) is 0 Å². The van der Waals surface area contributed by atoms with Gasteiger partial charge >= 0.3 is 0 Å². The maximum Gasteiger partial charge on any atom is 0.0665 e. The molecule has 4 rings (SSSR count). The van der Waals surface area contributed by atoms with Gasteiger partial charge < -0.3 is 0 Å². The van der Waals surface area contributed by atoms with Gasteiger partial charge in [-0.3, -0.25) is 0 Å². The Kier molecular flexibility index (Phi) is 10.9. The zero-order chi connectivity index (χ0) is 26.1. The van der Waals surface area contributed by atoms with E-state index >= 15 is 0 Å². The molecule has 0 aliphatic carbocycles. The molecule has 0 bridgehead atoms. The monoisotopic (exact) mass is 518 g/mol. The highest BCUT2D eigenvalue weighted by molar-refractivity contribution is 6.46. The average molecular weight is 519 g/mol. The van der Waals surface area contributed by atoms with E-state index in [1.807, 2.05) is 72.8 Å². The summed E-state index contributed by atoms with van der Waals surface area (Å²) in [5.41, 5.74) is 4.55. The van der Waals surface area contributed by atoms with Crippen LogP contribution in [0, 0.1) is 47.4 Å². The van der Waals surface area contributed by atoms with E-state index in [4.69, 9.17) is 0 Å². The van der Waals surface area contributed by atoms with Gasteiger partial charge in [0.05, 0.1) is 30.1 Å². The highest BCUT2D eigenvalue weighted by Crippen LogP contribution is 2.11. The van der Waals surface area contributed by atoms with Gasteiger partial charge in [0.1, 0.15) is 0 Å². The van der Waals surface area contributed by atoms with Gasteiger partial charge in [0, 0.05) is 22.3 Å².